The Kier molecular flexibility index (Phi) is 2.73. The lowest BCUT2D eigenvalue weighted by Crippen LogP contribution is -2.38. The van der Waals surface area contributed by atoms with Crippen LogP contribution in [0.15, 0.2) is 0 Å². The number of nitrogens with zero attached hydrogens (tertiary/aromatic N) is 2. The van der Waals surface area contributed by atoms with Gasteiger partial charge in [0.1, 0.15) is 19.6 Å². The zero-order valence-corrected chi connectivity index (χ0v) is 8.25. The fraction of sp³-hybridized carbons (Fsp3) is 0.889. The summed E-state index contributed by atoms with van der Waals surface area (Å²) in [5, 5.41) is 8.74. The van der Waals surface area contributed by atoms with Crippen molar-refractivity contribution in [3.8, 4) is 0 Å². The van der Waals surface area contributed by atoms with Gasteiger partial charge in [-0.1, -0.05) is 0 Å². The van der Waals surface area contributed by atoms with E-state index < -0.39 is 0 Å². The molecule has 1 aliphatic heterocycles. The lowest BCUT2D eigenvalue weighted by Gasteiger charge is -2.23. The van der Waals surface area contributed by atoms with E-state index in [1.54, 1.807) is 0 Å². The van der Waals surface area contributed by atoms with Gasteiger partial charge >= 0.3 is 0 Å². The van der Waals surface area contributed by atoms with Gasteiger partial charge in [-0.25, -0.2) is 0 Å². The van der Waals surface area contributed by atoms with Crippen LogP contribution in [-0.4, -0.2) is 52.7 Å². The number of hydrogen-bond donors (Lipinski definition) is 1. The summed E-state index contributed by atoms with van der Waals surface area (Å²) in [6.07, 6.45) is 2.12. The third kappa shape index (κ3) is 2.21. The number of hydrogen-bond acceptors (Lipinski definition) is 2. The number of β-amino-alcohol motifs (C(OH)–C–C–N with tert-alkyl or cyclic N) is 1. The van der Waals surface area contributed by atoms with Crippen molar-refractivity contribution in [2.24, 2.45) is 0 Å². The first-order chi connectivity index (χ1) is 5.54. The van der Waals surface area contributed by atoms with E-state index in [4.69, 9.17) is 5.11 Å². The van der Waals surface area contributed by atoms with Gasteiger partial charge in [-0.3, -0.25) is 9.48 Å². The molecular weight excluding hydrogens is 152 g/mol. The van der Waals surface area contributed by atoms with E-state index in [9.17, 15) is 0 Å². The largest absolute Gasteiger partial charge is 0.392 e. The second-order valence-electron chi connectivity index (χ2n) is 4.24. The normalized spacial score (nSPS) is 18.3. The SMILES string of the molecule is CC(C)(C)N1C=[N+](CCO)CC1. The van der Waals surface area contributed by atoms with E-state index in [2.05, 4.69) is 36.6 Å². The maximum Gasteiger partial charge on any atom is 0.234 e. The third-order valence-corrected chi connectivity index (χ3v) is 2.18. The fourth-order valence-electron chi connectivity index (χ4n) is 1.36. The zero-order chi connectivity index (χ0) is 9.19. The van der Waals surface area contributed by atoms with E-state index in [1.165, 1.54) is 0 Å². The summed E-state index contributed by atoms with van der Waals surface area (Å²) in [6.45, 7) is 9.71. The maximum absolute atomic E-state index is 8.74. The van der Waals surface area contributed by atoms with Crippen LogP contribution in [0.5, 0.6) is 0 Å². The minimum atomic E-state index is 0.213. The standard InChI is InChI=1S/C9H19N2O/c1-9(2,3)11-5-4-10(8-11)6-7-12/h8,12H,4-7H2,1-3H3/q+1. The highest BCUT2D eigenvalue weighted by Gasteiger charge is 2.29. The molecule has 0 spiro atoms. The molecule has 1 rings (SSSR count). The molecule has 3 nitrogen and oxygen atoms in total. The Morgan fingerprint density at radius 2 is 2.17 bits per heavy atom. The predicted octanol–water partition coefficient (Wildman–Crippen LogP) is 0.134. The smallest absolute Gasteiger partial charge is 0.234 e. The number of aliphatic hydroxyl groups is 1. The second-order valence-corrected chi connectivity index (χ2v) is 4.24. The van der Waals surface area contributed by atoms with Crippen LogP contribution in [0.3, 0.4) is 0 Å². The lowest BCUT2D eigenvalue weighted by molar-refractivity contribution is -0.516. The van der Waals surface area contributed by atoms with Crippen LogP contribution in [0.2, 0.25) is 0 Å². The molecule has 3 heteroatoms. The Hall–Kier alpha value is -0.570. The van der Waals surface area contributed by atoms with Gasteiger partial charge in [0.15, 0.2) is 0 Å². The highest BCUT2D eigenvalue weighted by molar-refractivity contribution is 5.51. The highest BCUT2D eigenvalue weighted by Crippen LogP contribution is 2.12. The van der Waals surface area contributed by atoms with Crippen LogP contribution in [-0.2, 0) is 0 Å². The van der Waals surface area contributed by atoms with Crippen molar-refractivity contribution in [2.45, 2.75) is 26.3 Å². The summed E-state index contributed by atoms with van der Waals surface area (Å²) in [5.41, 5.74) is 0.213. The highest BCUT2D eigenvalue weighted by atomic mass is 16.3. The summed E-state index contributed by atoms with van der Waals surface area (Å²) >= 11 is 0. The minimum absolute atomic E-state index is 0.213. The van der Waals surface area contributed by atoms with Crippen LogP contribution in [0.25, 0.3) is 0 Å². The average Bonchev–Trinajstić information content (AvgIpc) is 2.35. The van der Waals surface area contributed by atoms with Crippen molar-refractivity contribution < 1.29 is 9.68 Å². The summed E-state index contributed by atoms with van der Waals surface area (Å²) < 4.78 is 2.16. The zero-order valence-electron chi connectivity index (χ0n) is 8.25. The summed E-state index contributed by atoms with van der Waals surface area (Å²) in [5.74, 6) is 0. The molecule has 1 N–H and O–H groups in total. The Bertz CT molecular complexity index is 181. The minimum Gasteiger partial charge on any atom is -0.392 e. The fourth-order valence-corrected chi connectivity index (χ4v) is 1.36. The van der Waals surface area contributed by atoms with E-state index in [-0.39, 0.29) is 12.1 Å². The molecule has 0 aromatic rings. The second kappa shape index (κ2) is 3.44. The lowest BCUT2D eigenvalue weighted by atomic mass is 10.1. The monoisotopic (exact) mass is 171 g/mol. The van der Waals surface area contributed by atoms with E-state index in [1.807, 2.05) is 0 Å². The molecule has 12 heavy (non-hydrogen) atoms. The van der Waals surface area contributed by atoms with Crippen LogP contribution in [0.1, 0.15) is 20.8 Å². The van der Waals surface area contributed by atoms with Crippen molar-refractivity contribution in [1.29, 1.82) is 0 Å². The van der Waals surface area contributed by atoms with Gasteiger partial charge in [0.05, 0.1) is 12.1 Å². The van der Waals surface area contributed by atoms with Crippen molar-refractivity contribution in [1.82, 2.24) is 4.90 Å². The van der Waals surface area contributed by atoms with E-state index in [0.717, 1.165) is 19.6 Å². The summed E-state index contributed by atoms with van der Waals surface area (Å²) in [7, 11) is 0. The van der Waals surface area contributed by atoms with E-state index >= 15 is 0 Å². The molecule has 0 unspecified atom stereocenters. The molecule has 0 saturated heterocycles. The molecule has 0 atom stereocenters. The van der Waals surface area contributed by atoms with Crippen LogP contribution >= 0.6 is 0 Å². The van der Waals surface area contributed by atoms with Gasteiger partial charge < -0.3 is 5.11 Å². The van der Waals surface area contributed by atoms with Crippen LogP contribution in [0, 0.1) is 0 Å². The van der Waals surface area contributed by atoms with Crippen molar-refractivity contribution in [3.05, 3.63) is 0 Å². The van der Waals surface area contributed by atoms with Gasteiger partial charge in [0.25, 0.3) is 0 Å². The molecule has 0 saturated carbocycles. The van der Waals surface area contributed by atoms with Gasteiger partial charge in [0.2, 0.25) is 6.34 Å². The Morgan fingerprint density at radius 1 is 1.50 bits per heavy atom. The molecule has 0 aromatic heterocycles. The van der Waals surface area contributed by atoms with Crippen molar-refractivity contribution in [2.75, 3.05) is 26.2 Å². The van der Waals surface area contributed by atoms with Crippen LogP contribution < -0.4 is 0 Å². The molecule has 1 aliphatic rings. The van der Waals surface area contributed by atoms with Crippen LogP contribution in [0.4, 0.5) is 0 Å². The molecular formula is C9H19N2O+. The summed E-state index contributed by atoms with van der Waals surface area (Å²) in [6, 6.07) is 0. The molecule has 0 radical (unpaired) electrons. The molecule has 0 amide bonds. The van der Waals surface area contributed by atoms with Gasteiger partial charge in [-0.2, -0.15) is 0 Å². The van der Waals surface area contributed by atoms with Gasteiger partial charge in [0, 0.05) is 0 Å². The first-order valence-corrected chi connectivity index (χ1v) is 4.50. The van der Waals surface area contributed by atoms with E-state index in [0.29, 0.717) is 0 Å². The maximum atomic E-state index is 8.74. The molecule has 0 aliphatic carbocycles. The quantitative estimate of drug-likeness (QED) is 0.598. The predicted molar refractivity (Wildman–Crippen MR) is 49.6 cm³/mol. The number of aliphatic hydroxyl groups excluding tert-OH is 1. The van der Waals surface area contributed by atoms with Gasteiger partial charge in [-0.15, -0.1) is 0 Å². The Labute approximate surface area is 74.3 Å². The third-order valence-electron chi connectivity index (χ3n) is 2.18. The topological polar surface area (TPSA) is 26.5 Å². The first kappa shape index (κ1) is 9.52. The summed E-state index contributed by atoms with van der Waals surface area (Å²) in [4.78, 5) is 2.31. The number of rotatable bonds is 2. The Balaban J connectivity index is 2.53. The van der Waals surface area contributed by atoms with Crippen molar-refractivity contribution >= 4 is 6.34 Å². The average molecular weight is 171 g/mol. The first-order valence-electron chi connectivity index (χ1n) is 4.50. The Morgan fingerprint density at radius 3 is 2.58 bits per heavy atom. The van der Waals surface area contributed by atoms with Gasteiger partial charge in [-0.05, 0) is 20.8 Å². The molecule has 0 bridgehead atoms. The molecule has 1 heterocycles. The molecule has 70 valence electrons. The van der Waals surface area contributed by atoms with Crippen molar-refractivity contribution in [3.63, 3.8) is 0 Å². The molecule has 0 aromatic carbocycles. The molecule has 0 fully saturated rings.